The Morgan fingerprint density at radius 1 is 0.676 bits per heavy atom. The first-order valence-electron chi connectivity index (χ1n) is 12.2. The molecule has 5 rings (SSSR count). The molecule has 0 saturated carbocycles. The molecule has 0 aliphatic rings. The van der Waals surface area contributed by atoms with Gasteiger partial charge in [-0.25, -0.2) is 0 Å². The first-order chi connectivity index (χ1) is 18.1. The van der Waals surface area contributed by atoms with Crippen LogP contribution in [0.25, 0.3) is 0 Å². The van der Waals surface area contributed by atoms with E-state index in [1.165, 1.54) is 0 Å². The molecule has 0 bridgehead atoms. The van der Waals surface area contributed by atoms with Crippen LogP contribution in [0.5, 0.6) is 0 Å². The summed E-state index contributed by atoms with van der Waals surface area (Å²) in [5.41, 5.74) is 11.3. The molecular weight excluding hydrogens is 476 g/mol. The van der Waals surface area contributed by atoms with Gasteiger partial charge in [0.2, 0.25) is 0 Å². The molecule has 0 aromatic heterocycles. The van der Waals surface area contributed by atoms with Crippen LogP contribution in [0.15, 0.2) is 133 Å². The van der Waals surface area contributed by atoms with Gasteiger partial charge in [-0.3, -0.25) is 10.1 Å². The lowest BCUT2D eigenvalue weighted by atomic mass is 9.77. The number of carbonyl (C=O) groups is 1. The van der Waals surface area contributed by atoms with Gasteiger partial charge in [0.1, 0.15) is 0 Å². The summed E-state index contributed by atoms with van der Waals surface area (Å²) >= 11 is 6.14. The Kier molecular flexibility index (Phi) is 7.18. The number of halogens is 1. The molecule has 0 aliphatic heterocycles. The second kappa shape index (κ2) is 10.8. The van der Waals surface area contributed by atoms with Crippen LogP contribution in [-0.2, 0) is 12.1 Å². The van der Waals surface area contributed by atoms with E-state index in [2.05, 4.69) is 78.1 Å². The molecule has 0 radical (unpaired) electrons. The molecule has 4 heteroatoms. The minimum absolute atomic E-state index is 0.151. The highest BCUT2D eigenvalue weighted by atomic mass is 35.5. The molecule has 0 fully saturated rings. The van der Waals surface area contributed by atoms with Crippen molar-refractivity contribution in [2.45, 2.75) is 12.1 Å². The summed E-state index contributed by atoms with van der Waals surface area (Å²) in [6.45, 7) is 0.533. The highest BCUT2D eigenvalue weighted by molar-refractivity contribution is 6.31. The number of ketones is 1. The number of carbonyl (C=O) groups excluding carboxylic acids is 1. The van der Waals surface area contributed by atoms with Crippen molar-refractivity contribution in [3.8, 4) is 0 Å². The molecule has 0 heterocycles. The molecule has 5 aromatic carbocycles. The van der Waals surface area contributed by atoms with E-state index in [4.69, 9.17) is 17.3 Å². The van der Waals surface area contributed by atoms with Crippen LogP contribution in [0.1, 0.15) is 38.2 Å². The van der Waals surface area contributed by atoms with Crippen LogP contribution < -0.4 is 11.1 Å². The second-order valence-corrected chi connectivity index (χ2v) is 9.40. The molecule has 5 aromatic rings. The summed E-state index contributed by atoms with van der Waals surface area (Å²) < 4.78 is 0. The zero-order chi connectivity index (χ0) is 25.7. The zero-order valence-electron chi connectivity index (χ0n) is 20.3. The molecule has 0 unspecified atom stereocenters. The lowest BCUT2D eigenvalue weighted by Crippen LogP contribution is -2.44. The molecule has 37 heavy (non-hydrogen) atoms. The number of nitrogen functional groups attached to an aromatic ring is 1. The maximum Gasteiger partial charge on any atom is 0.195 e. The average Bonchev–Trinajstić information content (AvgIpc) is 2.96. The van der Waals surface area contributed by atoms with Crippen LogP contribution in [0, 0.1) is 0 Å². The normalized spacial score (nSPS) is 11.3. The molecule has 0 saturated heterocycles. The van der Waals surface area contributed by atoms with Gasteiger partial charge < -0.3 is 5.73 Å². The number of nitrogens with two attached hydrogens (primary N) is 1. The second-order valence-electron chi connectivity index (χ2n) is 8.96. The van der Waals surface area contributed by atoms with Gasteiger partial charge in [-0.1, -0.05) is 121 Å². The first-order valence-corrected chi connectivity index (χ1v) is 12.6. The Balaban J connectivity index is 1.55. The predicted octanol–water partition coefficient (Wildman–Crippen LogP) is 7.23. The van der Waals surface area contributed by atoms with E-state index in [0.29, 0.717) is 28.4 Å². The number of rotatable bonds is 8. The third-order valence-corrected chi connectivity index (χ3v) is 6.86. The average molecular weight is 503 g/mol. The van der Waals surface area contributed by atoms with Crippen LogP contribution >= 0.6 is 11.6 Å². The minimum Gasteiger partial charge on any atom is -0.398 e. The first kappa shape index (κ1) is 24.5. The fraction of sp³-hybridized carbons (Fsp3) is 0.0606. The monoisotopic (exact) mass is 502 g/mol. The summed E-state index contributed by atoms with van der Waals surface area (Å²) in [4.78, 5) is 13.3. The summed E-state index contributed by atoms with van der Waals surface area (Å²) in [5.74, 6) is -0.151. The smallest absolute Gasteiger partial charge is 0.195 e. The molecule has 182 valence electrons. The Morgan fingerprint density at radius 3 is 1.76 bits per heavy atom. The van der Waals surface area contributed by atoms with Gasteiger partial charge in [-0.05, 0) is 46.5 Å². The lowest BCUT2D eigenvalue weighted by Gasteiger charge is -2.37. The number of benzene rings is 5. The quantitative estimate of drug-likeness (QED) is 0.134. The summed E-state index contributed by atoms with van der Waals surface area (Å²) in [6.07, 6.45) is 0. The van der Waals surface area contributed by atoms with Crippen molar-refractivity contribution in [3.05, 3.63) is 172 Å². The van der Waals surface area contributed by atoms with E-state index in [-0.39, 0.29) is 5.78 Å². The molecule has 3 nitrogen and oxygen atoms in total. The van der Waals surface area contributed by atoms with E-state index < -0.39 is 5.54 Å². The van der Waals surface area contributed by atoms with E-state index in [9.17, 15) is 4.79 Å². The number of hydrogen-bond donors (Lipinski definition) is 2. The topological polar surface area (TPSA) is 55.1 Å². The highest BCUT2D eigenvalue weighted by Crippen LogP contribution is 2.37. The van der Waals surface area contributed by atoms with Crippen LogP contribution in [0.3, 0.4) is 0 Å². The lowest BCUT2D eigenvalue weighted by molar-refractivity contribution is 0.103. The Bertz CT molecular complexity index is 1410. The van der Waals surface area contributed by atoms with Gasteiger partial charge in [0.15, 0.2) is 5.78 Å². The Hall–Kier alpha value is -4.18. The third kappa shape index (κ3) is 5.05. The van der Waals surface area contributed by atoms with Crippen molar-refractivity contribution in [3.63, 3.8) is 0 Å². The zero-order valence-corrected chi connectivity index (χ0v) is 21.0. The number of nitrogens with one attached hydrogen (secondary N) is 1. The predicted molar refractivity (Wildman–Crippen MR) is 152 cm³/mol. The molecule has 0 atom stereocenters. The maximum atomic E-state index is 13.3. The summed E-state index contributed by atoms with van der Waals surface area (Å²) in [5, 5.41) is 4.35. The minimum atomic E-state index is -0.596. The van der Waals surface area contributed by atoms with Gasteiger partial charge in [0, 0.05) is 28.4 Å². The van der Waals surface area contributed by atoms with Crippen molar-refractivity contribution >= 4 is 23.1 Å². The van der Waals surface area contributed by atoms with E-state index >= 15 is 0 Å². The summed E-state index contributed by atoms with van der Waals surface area (Å²) in [7, 11) is 0. The number of hydrogen-bond acceptors (Lipinski definition) is 3. The third-order valence-electron chi connectivity index (χ3n) is 6.63. The van der Waals surface area contributed by atoms with Gasteiger partial charge in [-0.2, -0.15) is 0 Å². The van der Waals surface area contributed by atoms with Crippen LogP contribution in [-0.4, -0.2) is 5.78 Å². The van der Waals surface area contributed by atoms with E-state index in [0.717, 1.165) is 22.3 Å². The largest absolute Gasteiger partial charge is 0.398 e. The Labute approximate surface area is 222 Å². The van der Waals surface area contributed by atoms with Gasteiger partial charge in [-0.15, -0.1) is 0 Å². The molecular formula is C33H27ClN2O. The van der Waals surface area contributed by atoms with Crippen molar-refractivity contribution in [2.24, 2.45) is 0 Å². The van der Waals surface area contributed by atoms with Gasteiger partial charge in [0.05, 0.1) is 5.54 Å². The van der Waals surface area contributed by atoms with Crippen molar-refractivity contribution in [1.82, 2.24) is 5.32 Å². The van der Waals surface area contributed by atoms with E-state index in [1.54, 1.807) is 18.2 Å². The number of anilines is 1. The summed E-state index contributed by atoms with van der Waals surface area (Å²) in [6, 6.07) is 44.0. The Morgan fingerprint density at radius 2 is 1.22 bits per heavy atom. The standard InChI is InChI=1S/C33H27ClN2O/c34-29-19-20-31(35)30(22-29)32(37)25-12-10-11-24(21-25)23-36-33(26-13-4-1-5-14-26,27-15-6-2-7-16-27)28-17-8-3-9-18-28/h1-22,36H,23,35H2. The van der Waals surface area contributed by atoms with Crippen molar-refractivity contribution in [2.75, 3.05) is 5.73 Å². The molecule has 0 spiro atoms. The van der Waals surface area contributed by atoms with Crippen LogP contribution in [0.4, 0.5) is 5.69 Å². The SMILES string of the molecule is Nc1ccc(Cl)cc1C(=O)c1cccc(CNC(c2ccccc2)(c2ccccc2)c2ccccc2)c1. The fourth-order valence-corrected chi connectivity index (χ4v) is 4.98. The fourth-order valence-electron chi connectivity index (χ4n) is 4.81. The highest BCUT2D eigenvalue weighted by Gasteiger charge is 2.35. The van der Waals surface area contributed by atoms with Gasteiger partial charge in [0.25, 0.3) is 0 Å². The molecule has 3 N–H and O–H groups in total. The van der Waals surface area contributed by atoms with Crippen molar-refractivity contribution in [1.29, 1.82) is 0 Å². The molecule has 0 amide bonds. The van der Waals surface area contributed by atoms with E-state index in [1.807, 2.05) is 42.5 Å². The van der Waals surface area contributed by atoms with Crippen molar-refractivity contribution < 1.29 is 4.79 Å². The van der Waals surface area contributed by atoms with Crippen LogP contribution in [0.2, 0.25) is 5.02 Å². The molecule has 0 aliphatic carbocycles. The maximum absolute atomic E-state index is 13.3. The van der Waals surface area contributed by atoms with Gasteiger partial charge >= 0.3 is 0 Å².